The zero-order chi connectivity index (χ0) is 29.5. The number of nitrogens with one attached hydrogen (secondary N) is 2. The van der Waals surface area contributed by atoms with Gasteiger partial charge in [-0.05, 0) is 72.6 Å². The molecule has 6 rings (SSSR count). The van der Waals surface area contributed by atoms with Crippen molar-refractivity contribution in [3.8, 4) is 0 Å². The number of hydrogen-bond acceptors (Lipinski definition) is 5. The van der Waals surface area contributed by atoms with Gasteiger partial charge in [-0.15, -0.1) is 0 Å². The van der Waals surface area contributed by atoms with Crippen LogP contribution in [0.2, 0.25) is 5.02 Å². The molecule has 2 amide bonds. The van der Waals surface area contributed by atoms with Gasteiger partial charge in [0.25, 0.3) is 0 Å². The van der Waals surface area contributed by atoms with Gasteiger partial charge in [-0.3, -0.25) is 9.59 Å². The highest BCUT2D eigenvalue weighted by Gasteiger charge is 2.68. The average molecular weight is 580 g/mol. The summed E-state index contributed by atoms with van der Waals surface area (Å²) in [5, 5.41) is 6.77. The Bertz CT molecular complexity index is 1250. The van der Waals surface area contributed by atoms with Crippen LogP contribution in [0.3, 0.4) is 0 Å². The highest BCUT2D eigenvalue weighted by molar-refractivity contribution is 6.47. The van der Waals surface area contributed by atoms with Gasteiger partial charge in [-0.2, -0.15) is 0 Å². The highest BCUT2D eigenvalue weighted by Crippen LogP contribution is 2.66. The number of halogens is 1. The summed E-state index contributed by atoms with van der Waals surface area (Å²) in [6.07, 6.45) is 3.14. The molecular formula is C32H43BClN3O4. The third kappa shape index (κ3) is 5.81. The molecule has 1 aliphatic heterocycles. The molecule has 7 nitrogen and oxygen atoms in total. The Kier molecular flexibility index (Phi) is 8.59. The molecule has 1 unspecified atom stereocenters. The SMILES string of the molecule is CCC(C)[C@H](NC(=O)[C@H](N)Cc1ccc(Cl)cc1)C(=O)N[C@H](B1O[C@H]2C[C@H]3C[C@H](C3(C)C)[C@@]2(C)O1)c1ccccc1. The summed E-state index contributed by atoms with van der Waals surface area (Å²) in [5.74, 6) is -0.262. The van der Waals surface area contributed by atoms with Crippen LogP contribution in [-0.4, -0.2) is 42.7 Å². The summed E-state index contributed by atoms with van der Waals surface area (Å²) in [7, 11) is -0.632. The fraction of sp³-hybridized carbons (Fsp3) is 0.562. The number of amides is 2. The van der Waals surface area contributed by atoms with Gasteiger partial charge >= 0.3 is 7.12 Å². The number of nitrogens with two attached hydrogens (primary N) is 1. The smallest absolute Gasteiger partial charge is 0.404 e. The fourth-order valence-electron chi connectivity index (χ4n) is 7.18. The Hall–Kier alpha value is -2.39. The summed E-state index contributed by atoms with van der Waals surface area (Å²) >= 11 is 5.99. The van der Waals surface area contributed by atoms with Crippen molar-refractivity contribution in [1.82, 2.24) is 10.6 Å². The monoisotopic (exact) mass is 579 g/mol. The Labute approximate surface area is 249 Å². The van der Waals surface area contributed by atoms with E-state index in [-0.39, 0.29) is 29.3 Å². The molecule has 4 fully saturated rings. The standard InChI is InChI=1S/C32H43BClN3O4/c1-6-19(2)27(36-29(38)24(35)16-20-12-14-23(34)15-13-20)30(39)37-28(21-10-8-7-9-11-21)33-40-26-18-22-17-25(31(22,3)4)32(26,5)41-33/h7-15,19,22,24-28H,6,16-18,35H2,1-5H3,(H,36,38)(H,37,39)/t19?,22-,24-,25-,26+,27+,28+,32-/m1/s1. The molecule has 0 aromatic heterocycles. The van der Waals surface area contributed by atoms with E-state index < -0.39 is 30.7 Å². The van der Waals surface area contributed by atoms with Crippen LogP contribution in [0, 0.1) is 23.2 Å². The molecule has 41 heavy (non-hydrogen) atoms. The van der Waals surface area contributed by atoms with Crippen LogP contribution in [0.1, 0.15) is 70.9 Å². The Morgan fingerprint density at radius 2 is 1.73 bits per heavy atom. The summed E-state index contributed by atoms with van der Waals surface area (Å²) in [6, 6.07) is 15.5. The molecule has 8 atom stereocenters. The van der Waals surface area contributed by atoms with Crippen LogP contribution in [-0.2, 0) is 25.3 Å². The molecule has 4 N–H and O–H groups in total. The lowest BCUT2D eigenvalue weighted by Gasteiger charge is -2.64. The molecule has 4 aliphatic rings. The van der Waals surface area contributed by atoms with Crippen LogP contribution in [0.25, 0.3) is 0 Å². The number of hydrogen-bond donors (Lipinski definition) is 3. The first-order valence-electron chi connectivity index (χ1n) is 14.9. The van der Waals surface area contributed by atoms with Crippen LogP contribution in [0.4, 0.5) is 0 Å². The average Bonchev–Trinajstić information content (AvgIpc) is 3.32. The maximum atomic E-state index is 13.9. The van der Waals surface area contributed by atoms with E-state index in [1.54, 1.807) is 12.1 Å². The molecule has 220 valence electrons. The van der Waals surface area contributed by atoms with Crippen molar-refractivity contribution in [1.29, 1.82) is 0 Å². The first-order valence-corrected chi connectivity index (χ1v) is 15.3. The highest BCUT2D eigenvalue weighted by atomic mass is 35.5. The van der Waals surface area contributed by atoms with Crippen LogP contribution < -0.4 is 16.4 Å². The predicted octanol–water partition coefficient (Wildman–Crippen LogP) is 4.87. The molecule has 2 aromatic carbocycles. The first-order chi connectivity index (χ1) is 19.4. The molecule has 2 bridgehead atoms. The zero-order valence-electron chi connectivity index (χ0n) is 24.7. The Morgan fingerprint density at radius 3 is 2.37 bits per heavy atom. The minimum atomic E-state index is -0.806. The van der Waals surface area contributed by atoms with Gasteiger partial charge in [0.05, 0.1) is 23.7 Å². The molecule has 3 saturated carbocycles. The van der Waals surface area contributed by atoms with Gasteiger partial charge in [-0.1, -0.05) is 88.2 Å². The van der Waals surface area contributed by atoms with E-state index in [2.05, 4.69) is 31.4 Å². The van der Waals surface area contributed by atoms with Crippen molar-refractivity contribution in [2.24, 2.45) is 28.9 Å². The number of benzene rings is 2. The largest absolute Gasteiger partial charge is 0.486 e. The third-order valence-corrected chi connectivity index (χ3v) is 10.4. The molecule has 1 saturated heterocycles. The van der Waals surface area contributed by atoms with Gasteiger partial charge < -0.3 is 25.7 Å². The Morgan fingerprint density at radius 1 is 1.05 bits per heavy atom. The second kappa shape index (κ2) is 11.7. The van der Waals surface area contributed by atoms with Gasteiger partial charge in [0.2, 0.25) is 11.8 Å². The van der Waals surface area contributed by atoms with E-state index in [9.17, 15) is 9.59 Å². The van der Waals surface area contributed by atoms with E-state index >= 15 is 0 Å². The van der Waals surface area contributed by atoms with E-state index in [0.29, 0.717) is 29.7 Å². The molecule has 2 aromatic rings. The van der Waals surface area contributed by atoms with Crippen molar-refractivity contribution in [3.63, 3.8) is 0 Å². The lowest BCUT2D eigenvalue weighted by molar-refractivity contribution is -0.199. The molecule has 3 aliphatic carbocycles. The third-order valence-electron chi connectivity index (χ3n) is 10.2. The lowest BCUT2D eigenvalue weighted by atomic mass is 9.43. The van der Waals surface area contributed by atoms with Gasteiger partial charge in [-0.25, -0.2) is 0 Å². The summed E-state index contributed by atoms with van der Waals surface area (Å²) in [6.45, 7) is 10.8. The topological polar surface area (TPSA) is 103 Å². The molecule has 9 heteroatoms. The van der Waals surface area contributed by atoms with Crippen molar-refractivity contribution in [2.75, 3.05) is 0 Å². The van der Waals surface area contributed by atoms with E-state index in [1.165, 1.54) is 0 Å². The minimum absolute atomic E-state index is 0.0108. The molecule has 0 spiro atoms. The van der Waals surface area contributed by atoms with Crippen LogP contribution in [0.15, 0.2) is 54.6 Å². The first kappa shape index (κ1) is 30.1. The summed E-state index contributed by atoms with van der Waals surface area (Å²) in [4.78, 5) is 27.1. The summed E-state index contributed by atoms with van der Waals surface area (Å²) in [5.41, 5.74) is 7.88. The van der Waals surface area contributed by atoms with Crippen molar-refractivity contribution < 1.29 is 18.9 Å². The maximum absolute atomic E-state index is 13.9. The van der Waals surface area contributed by atoms with Crippen molar-refractivity contribution >= 4 is 30.5 Å². The predicted molar refractivity (Wildman–Crippen MR) is 162 cm³/mol. The fourth-order valence-corrected chi connectivity index (χ4v) is 7.31. The quantitative estimate of drug-likeness (QED) is 0.349. The lowest BCUT2D eigenvalue weighted by Crippen LogP contribution is -2.65. The molecule has 1 heterocycles. The van der Waals surface area contributed by atoms with Gasteiger partial charge in [0, 0.05) is 5.02 Å². The van der Waals surface area contributed by atoms with Gasteiger partial charge in [0.1, 0.15) is 6.04 Å². The number of carbonyl (C=O) groups excluding carboxylic acids is 2. The summed E-state index contributed by atoms with van der Waals surface area (Å²) < 4.78 is 13.3. The van der Waals surface area contributed by atoms with E-state index in [1.807, 2.05) is 56.3 Å². The normalized spacial score (nSPS) is 29.0. The number of rotatable bonds is 10. The van der Waals surface area contributed by atoms with E-state index in [4.69, 9.17) is 26.6 Å². The Balaban J connectivity index is 1.32. The van der Waals surface area contributed by atoms with Crippen molar-refractivity contribution in [2.45, 2.75) is 90.0 Å². The molecular weight excluding hydrogens is 537 g/mol. The van der Waals surface area contributed by atoms with Crippen LogP contribution in [0.5, 0.6) is 0 Å². The maximum Gasteiger partial charge on any atom is 0.486 e. The van der Waals surface area contributed by atoms with Gasteiger partial charge in [0.15, 0.2) is 0 Å². The van der Waals surface area contributed by atoms with E-state index in [0.717, 1.165) is 24.0 Å². The second-order valence-corrected chi connectivity index (χ2v) is 13.5. The molecule has 0 radical (unpaired) electrons. The zero-order valence-corrected chi connectivity index (χ0v) is 25.5. The van der Waals surface area contributed by atoms with Crippen molar-refractivity contribution in [3.05, 3.63) is 70.7 Å². The number of carbonyl (C=O) groups is 2. The van der Waals surface area contributed by atoms with Crippen LogP contribution >= 0.6 is 11.6 Å². The second-order valence-electron chi connectivity index (χ2n) is 13.0. The minimum Gasteiger partial charge on any atom is -0.404 e.